The second-order valence-electron chi connectivity index (χ2n) is 7.73. The van der Waals surface area contributed by atoms with Crippen LogP contribution in [0.4, 0.5) is 8.78 Å². The van der Waals surface area contributed by atoms with Crippen LogP contribution in [0, 0.1) is 24.5 Å². The predicted octanol–water partition coefficient (Wildman–Crippen LogP) is 4.91. The van der Waals surface area contributed by atoms with E-state index in [-0.39, 0.29) is 29.1 Å². The number of hydrogen-bond donors (Lipinski definition) is 1. The molecule has 5 nitrogen and oxygen atoms in total. The number of benzene rings is 2. The second-order valence-corrected chi connectivity index (χ2v) is 8.14. The minimum Gasteiger partial charge on any atom is -0.493 e. The number of carbonyl (C=O) groups excluding carboxylic acids is 1. The molecule has 0 aromatic heterocycles. The number of nitrogens with one attached hydrogen (secondary N) is 1. The Hall–Kier alpha value is -2.38. The first kappa shape index (κ1) is 23.3. The third-order valence-electron chi connectivity index (χ3n) is 5.33. The standard InChI is InChI=1S/C23H27ClF2N2O3/c1-16-4-5-18(13-21(16)25)30-12-2-3-17-8-10-28(11-9-17)27-23(29)15-31-19-6-7-20(24)22(26)14-19/h4-7,13-14,17H,2-3,8-12,15H2,1H3,(H,27,29). The first-order valence-electron chi connectivity index (χ1n) is 10.4. The predicted molar refractivity (Wildman–Crippen MR) is 115 cm³/mol. The van der Waals surface area contributed by atoms with Crippen LogP contribution in [0.25, 0.3) is 0 Å². The largest absolute Gasteiger partial charge is 0.493 e. The molecule has 0 unspecified atom stereocenters. The third kappa shape index (κ3) is 7.36. The Morgan fingerprint density at radius 2 is 1.77 bits per heavy atom. The van der Waals surface area contributed by atoms with Crippen molar-refractivity contribution in [3.05, 3.63) is 58.6 Å². The molecule has 0 spiro atoms. The molecule has 1 aliphatic rings. The molecule has 1 saturated heterocycles. The number of hydrazine groups is 1. The molecule has 1 heterocycles. The van der Waals surface area contributed by atoms with Gasteiger partial charge in [-0.1, -0.05) is 17.7 Å². The molecule has 8 heteroatoms. The Kier molecular flexibility index (Phi) is 8.49. The molecule has 0 bridgehead atoms. The van der Waals surface area contributed by atoms with Crippen molar-refractivity contribution in [1.29, 1.82) is 0 Å². The smallest absolute Gasteiger partial charge is 0.272 e. The molecule has 3 rings (SSSR count). The van der Waals surface area contributed by atoms with Crippen LogP contribution in [-0.4, -0.2) is 37.2 Å². The molecule has 0 radical (unpaired) electrons. The molecule has 2 aromatic carbocycles. The molecule has 1 fully saturated rings. The number of hydrogen-bond acceptors (Lipinski definition) is 4. The highest BCUT2D eigenvalue weighted by atomic mass is 35.5. The highest BCUT2D eigenvalue weighted by molar-refractivity contribution is 6.30. The Morgan fingerprint density at radius 3 is 2.48 bits per heavy atom. The lowest BCUT2D eigenvalue weighted by Gasteiger charge is -2.32. The summed E-state index contributed by atoms with van der Waals surface area (Å²) in [7, 11) is 0. The fourth-order valence-corrected chi connectivity index (χ4v) is 3.60. The van der Waals surface area contributed by atoms with Crippen LogP contribution in [0.1, 0.15) is 31.2 Å². The molecular weight excluding hydrogens is 426 g/mol. The minimum atomic E-state index is -0.585. The van der Waals surface area contributed by atoms with Crippen LogP contribution >= 0.6 is 11.6 Å². The van der Waals surface area contributed by atoms with Crippen molar-refractivity contribution in [2.24, 2.45) is 5.92 Å². The van der Waals surface area contributed by atoms with E-state index in [0.29, 0.717) is 23.8 Å². The van der Waals surface area contributed by atoms with Gasteiger partial charge in [-0.25, -0.2) is 13.8 Å². The van der Waals surface area contributed by atoms with Crippen LogP contribution in [0.15, 0.2) is 36.4 Å². The van der Waals surface area contributed by atoms with Gasteiger partial charge >= 0.3 is 0 Å². The Morgan fingerprint density at radius 1 is 1.10 bits per heavy atom. The first-order valence-corrected chi connectivity index (χ1v) is 10.8. The van der Waals surface area contributed by atoms with Crippen LogP contribution in [0.3, 0.4) is 0 Å². The van der Waals surface area contributed by atoms with Crippen LogP contribution in [-0.2, 0) is 4.79 Å². The van der Waals surface area contributed by atoms with Crippen molar-refractivity contribution in [2.75, 3.05) is 26.3 Å². The summed E-state index contributed by atoms with van der Waals surface area (Å²) in [6.45, 7) is 3.60. The van der Waals surface area contributed by atoms with Crippen LogP contribution < -0.4 is 14.9 Å². The number of ether oxygens (including phenoxy) is 2. The molecule has 1 N–H and O–H groups in total. The van der Waals surface area contributed by atoms with Crippen molar-refractivity contribution in [3.63, 3.8) is 0 Å². The lowest BCUT2D eigenvalue weighted by atomic mass is 9.93. The lowest BCUT2D eigenvalue weighted by Crippen LogP contribution is -2.48. The summed E-state index contributed by atoms with van der Waals surface area (Å²) >= 11 is 5.63. The molecule has 0 aliphatic carbocycles. The molecule has 1 aliphatic heterocycles. The minimum absolute atomic E-state index is 0.00952. The molecular formula is C23H27ClF2N2O3. The van der Waals surface area contributed by atoms with Gasteiger partial charge in [0.25, 0.3) is 5.91 Å². The van der Waals surface area contributed by atoms with Crippen LogP contribution in [0.5, 0.6) is 11.5 Å². The summed E-state index contributed by atoms with van der Waals surface area (Å²) in [5, 5.41) is 1.89. The fourth-order valence-electron chi connectivity index (χ4n) is 3.48. The average Bonchev–Trinajstić information content (AvgIpc) is 2.75. The zero-order valence-electron chi connectivity index (χ0n) is 17.5. The van der Waals surface area contributed by atoms with Gasteiger partial charge in [0.2, 0.25) is 0 Å². The maximum Gasteiger partial charge on any atom is 0.272 e. The Bertz CT molecular complexity index is 889. The van der Waals surface area contributed by atoms with Gasteiger partial charge in [0, 0.05) is 25.2 Å². The zero-order chi connectivity index (χ0) is 22.2. The van der Waals surface area contributed by atoms with Crippen LogP contribution in [0.2, 0.25) is 5.02 Å². The second kappa shape index (κ2) is 11.3. The van der Waals surface area contributed by atoms with E-state index in [1.54, 1.807) is 19.1 Å². The zero-order valence-corrected chi connectivity index (χ0v) is 18.3. The van der Waals surface area contributed by atoms with Gasteiger partial charge in [-0.05, 0) is 62.3 Å². The summed E-state index contributed by atoms with van der Waals surface area (Å²) in [5.41, 5.74) is 3.43. The van der Waals surface area contributed by atoms with Crippen molar-refractivity contribution >= 4 is 17.5 Å². The maximum absolute atomic E-state index is 13.5. The van der Waals surface area contributed by atoms with E-state index in [2.05, 4.69) is 5.43 Å². The topological polar surface area (TPSA) is 50.8 Å². The van der Waals surface area contributed by atoms with Gasteiger partial charge in [0.05, 0.1) is 11.6 Å². The molecule has 31 heavy (non-hydrogen) atoms. The summed E-state index contributed by atoms with van der Waals surface area (Å²) in [6, 6.07) is 8.98. The van der Waals surface area contributed by atoms with E-state index >= 15 is 0 Å². The fraction of sp³-hybridized carbons (Fsp3) is 0.435. The summed E-state index contributed by atoms with van der Waals surface area (Å²) in [4.78, 5) is 12.1. The van der Waals surface area contributed by atoms with Gasteiger partial charge in [0.1, 0.15) is 23.1 Å². The number of aryl methyl sites for hydroxylation is 1. The normalized spacial score (nSPS) is 15.0. The number of nitrogens with zero attached hydrogens (tertiary/aromatic N) is 1. The molecule has 0 atom stereocenters. The summed E-state index contributed by atoms with van der Waals surface area (Å²) in [5.74, 6) is 0.263. The van der Waals surface area contributed by atoms with Crippen molar-refractivity contribution in [3.8, 4) is 11.5 Å². The molecule has 1 amide bonds. The number of halogens is 3. The summed E-state index contributed by atoms with van der Waals surface area (Å²) < 4.78 is 37.9. The molecule has 0 saturated carbocycles. The van der Waals surface area contributed by atoms with Gasteiger partial charge in [0.15, 0.2) is 6.61 Å². The first-order chi connectivity index (χ1) is 14.9. The maximum atomic E-state index is 13.5. The number of carbonyl (C=O) groups is 1. The van der Waals surface area contributed by atoms with Gasteiger partial charge in [-0.15, -0.1) is 0 Å². The molecule has 2 aromatic rings. The van der Waals surface area contributed by atoms with Gasteiger partial charge < -0.3 is 9.47 Å². The average molecular weight is 453 g/mol. The SMILES string of the molecule is Cc1ccc(OCCCC2CCN(NC(=O)COc3ccc(Cl)c(F)c3)CC2)cc1F. The van der Waals surface area contributed by atoms with E-state index in [1.807, 2.05) is 5.01 Å². The third-order valence-corrected chi connectivity index (χ3v) is 5.63. The highest BCUT2D eigenvalue weighted by Crippen LogP contribution is 2.22. The lowest BCUT2D eigenvalue weighted by molar-refractivity contribution is -0.128. The quantitative estimate of drug-likeness (QED) is 0.549. The van der Waals surface area contributed by atoms with Crippen molar-refractivity contribution < 1.29 is 23.0 Å². The van der Waals surface area contributed by atoms with E-state index < -0.39 is 5.82 Å². The highest BCUT2D eigenvalue weighted by Gasteiger charge is 2.20. The van der Waals surface area contributed by atoms with E-state index in [1.165, 1.54) is 18.2 Å². The van der Waals surface area contributed by atoms with E-state index in [9.17, 15) is 13.6 Å². The van der Waals surface area contributed by atoms with Crippen molar-refractivity contribution in [2.45, 2.75) is 32.6 Å². The Labute approximate surface area is 186 Å². The monoisotopic (exact) mass is 452 g/mol. The summed E-state index contributed by atoms with van der Waals surface area (Å²) in [6.07, 6.45) is 3.88. The Balaban J connectivity index is 1.28. The van der Waals surface area contributed by atoms with Gasteiger partial charge in [-0.2, -0.15) is 0 Å². The van der Waals surface area contributed by atoms with Gasteiger partial charge in [-0.3, -0.25) is 10.2 Å². The number of amides is 1. The number of piperidine rings is 1. The molecule has 168 valence electrons. The number of rotatable bonds is 9. The van der Waals surface area contributed by atoms with E-state index in [4.69, 9.17) is 21.1 Å². The van der Waals surface area contributed by atoms with E-state index in [0.717, 1.165) is 44.8 Å². The van der Waals surface area contributed by atoms with Crippen molar-refractivity contribution in [1.82, 2.24) is 10.4 Å².